The van der Waals surface area contributed by atoms with E-state index in [-0.39, 0.29) is 49.1 Å². The molecular formula is C27H30F5N7O3. The van der Waals surface area contributed by atoms with Gasteiger partial charge in [0.2, 0.25) is 11.8 Å². The average molecular weight is 596 g/mol. The van der Waals surface area contributed by atoms with Crippen molar-refractivity contribution in [3.63, 3.8) is 0 Å². The molecule has 42 heavy (non-hydrogen) atoms. The lowest BCUT2D eigenvalue weighted by atomic mass is 9.81. The van der Waals surface area contributed by atoms with Crippen LogP contribution in [0.25, 0.3) is 5.65 Å². The first-order chi connectivity index (χ1) is 20.0. The van der Waals surface area contributed by atoms with Crippen LogP contribution >= 0.6 is 0 Å². The molecule has 3 fully saturated rings. The molecule has 2 N–H and O–H groups in total. The van der Waals surface area contributed by atoms with Crippen LogP contribution in [0.5, 0.6) is 0 Å². The van der Waals surface area contributed by atoms with Crippen LogP contribution < -0.4 is 10.6 Å². The fourth-order valence-corrected chi connectivity index (χ4v) is 5.65. The standard InChI is InChI=1S/C27H30F5N7O3/c28-26(29)8-5-16(6-9-26)22(36-25(41)24-23(15-3-4-15)37-42-38-24)18-13-39-19(34-18)11-17(12-33-39)21(14-1-2-14)35-20(40)7-10-27(30,31)32/h11-16,21-22H,1-10H2,(H,35,40)(H,36,41)/t21-,22?/m1/s1. The van der Waals surface area contributed by atoms with E-state index in [1.807, 2.05) is 0 Å². The van der Waals surface area contributed by atoms with Crippen molar-refractivity contribution in [2.45, 2.75) is 94.3 Å². The fourth-order valence-electron chi connectivity index (χ4n) is 5.65. The summed E-state index contributed by atoms with van der Waals surface area (Å²) in [6, 6.07) is 0.466. The first-order valence-electron chi connectivity index (χ1n) is 14.2. The Hall–Kier alpha value is -3.65. The van der Waals surface area contributed by atoms with Crippen LogP contribution in [0.1, 0.15) is 110 Å². The zero-order valence-corrected chi connectivity index (χ0v) is 22.5. The van der Waals surface area contributed by atoms with Gasteiger partial charge in [-0.2, -0.15) is 18.3 Å². The molecule has 3 aromatic rings. The molecule has 2 amide bonds. The van der Waals surface area contributed by atoms with Crippen molar-refractivity contribution < 1.29 is 36.2 Å². The summed E-state index contributed by atoms with van der Waals surface area (Å²) in [5.74, 6) is -4.13. The second kappa shape index (κ2) is 10.9. The minimum absolute atomic E-state index is 0.0707. The van der Waals surface area contributed by atoms with Gasteiger partial charge in [-0.3, -0.25) is 9.59 Å². The topological polar surface area (TPSA) is 127 Å². The highest BCUT2D eigenvalue weighted by Gasteiger charge is 2.41. The minimum Gasteiger partial charge on any atom is -0.349 e. The van der Waals surface area contributed by atoms with Gasteiger partial charge in [0, 0.05) is 25.2 Å². The smallest absolute Gasteiger partial charge is 0.349 e. The number of nitrogens with one attached hydrogen (secondary N) is 2. The van der Waals surface area contributed by atoms with E-state index >= 15 is 0 Å². The molecule has 0 aromatic carbocycles. The number of carbonyl (C=O) groups excluding carboxylic acids is 2. The number of rotatable bonds is 10. The number of halogens is 5. The van der Waals surface area contributed by atoms with Gasteiger partial charge in [-0.05, 0) is 67.1 Å². The van der Waals surface area contributed by atoms with E-state index in [0.717, 1.165) is 25.7 Å². The second-order valence-electron chi connectivity index (χ2n) is 11.7. The highest BCUT2D eigenvalue weighted by Crippen LogP contribution is 2.44. The molecule has 6 rings (SSSR count). The van der Waals surface area contributed by atoms with E-state index in [0.29, 0.717) is 22.6 Å². The van der Waals surface area contributed by atoms with Crippen molar-refractivity contribution in [1.29, 1.82) is 0 Å². The van der Waals surface area contributed by atoms with Crippen LogP contribution in [0.4, 0.5) is 22.0 Å². The van der Waals surface area contributed by atoms with Gasteiger partial charge in [0.15, 0.2) is 11.3 Å². The summed E-state index contributed by atoms with van der Waals surface area (Å²) in [5, 5.41) is 17.7. The molecule has 0 bridgehead atoms. The van der Waals surface area contributed by atoms with E-state index in [1.165, 1.54) is 10.7 Å². The highest BCUT2D eigenvalue weighted by atomic mass is 19.4. The Labute approximate surface area is 236 Å². The lowest BCUT2D eigenvalue weighted by molar-refractivity contribution is -0.144. The molecule has 3 aliphatic carbocycles. The van der Waals surface area contributed by atoms with E-state index in [2.05, 4.69) is 31.0 Å². The number of aromatic nitrogens is 5. The molecular weight excluding hydrogens is 565 g/mol. The van der Waals surface area contributed by atoms with Crippen LogP contribution in [0.2, 0.25) is 0 Å². The molecule has 10 nitrogen and oxygen atoms in total. The number of amides is 2. The van der Waals surface area contributed by atoms with Crippen LogP contribution in [0, 0.1) is 11.8 Å². The first-order valence-corrected chi connectivity index (χ1v) is 14.2. The number of imidazole rings is 1. The van der Waals surface area contributed by atoms with E-state index in [9.17, 15) is 31.5 Å². The lowest BCUT2D eigenvalue weighted by Gasteiger charge is -2.33. The zero-order valence-electron chi connectivity index (χ0n) is 22.5. The summed E-state index contributed by atoms with van der Waals surface area (Å²) in [6.07, 6.45) is -0.0437. The molecule has 1 unspecified atom stereocenters. The Morgan fingerprint density at radius 2 is 1.74 bits per heavy atom. The van der Waals surface area contributed by atoms with Gasteiger partial charge in [-0.15, -0.1) is 0 Å². The van der Waals surface area contributed by atoms with E-state index in [1.54, 1.807) is 12.3 Å². The largest absolute Gasteiger partial charge is 0.389 e. The highest BCUT2D eigenvalue weighted by molar-refractivity contribution is 5.93. The predicted molar refractivity (Wildman–Crippen MR) is 135 cm³/mol. The second-order valence-corrected chi connectivity index (χ2v) is 11.7. The summed E-state index contributed by atoms with van der Waals surface area (Å²) in [6.45, 7) is 0. The van der Waals surface area contributed by atoms with Gasteiger partial charge < -0.3 is 10.6 Å². The number of hydrogen-bond acceptors (Lipinski definition) is 7. The Balaban J connectivity index is 1.25. The third-order valence-corrected chi connectivity index (χ3v) is 8.30. The molecule has 15 heteroatoms. The van der Waals surface area contributed by atoms with E-state index in [4.69, 9.17) is 4.63 Å². The maximum Gasteiger partial charge on any atom is 0.389 e. The lowest BCUT2D eigenvalue weighted by Crippen LogP contribution is -2.37. The first kappa shape index (κ1) is 28.5. The molecule has 3 heterocycles. The van der Waals surface area contributed by atoms with Crippen molar-refractivity contribution in [2.75, 3.05) is 0 Å². The van der Waals surface area contributed by atoms with E-state index < -0.39 is 48.8 Å². The van der Waals surface area contributed by atoms with Gasteiger partial charge in [0.1, 0.15) is 5.69 Å². The number of nitrogens with zero attached hydrogens (tertiary/aromatic N) is 5. The van der Waals surface area contributed by atoms with Gasteiger partial charge in [-0.1, -0.05) is 5.16 Å². The molecule has 0 spiro atoms. The third-order valence-electron chi connectivity index (χ3n) is 8.30. The monoisotopic (exact) mass is 595 g/mol. The van der Waals surface area contributed by atoms with Crippen molar-refractivity contribution >= 4 is 17.5 Å². The third kappa shape index (κ3) is 6.54. The Morgan fingerprint density at radius 3 is 2.40 bits per heavy atom. The fraction of sp³-hybridized carbons (Fsp3) is 0.630. The Morgan fingerprint density at radius 1 is 1.02 bits per heavy atom. The molecule has 0 aliphatic heterocycles. The summed E-state index contributed by atoms with van der Waals surface area (Å²) < 4.78 is 72.1. The van der Waals surface area contributed by atoms with Gasteiger partial charge >= 0.3 is 6.18 Å². The molecule has 226 valence electrons. The van der Waals surface area contributed by atoms with Gasteiger partial charge in [0.05, 0.1) is 36.6 Å². The van der Waals surface area contributed by atoms with Gasteiger partial charge in [0.25, 0.3) is 5.91 Å². The average Bonchev–Trinajstić information content (AvgIpc) is 3.87. The summed E-state index contributed by atoms with van der Waals surface area (Å²) in [4.78, 5) is 30.3. The Bertz CT molecular complexity index is 1450. The number of carbonyl (C=O) groups is 2. The minimum atomic E-state index is -4.43. The zero-order chi connectivity index (χ0) is 29.6. The summed E-state index contributed by atoms with van der Waals surface area (Å²) in [5.41, 5.74) is 1.96. The maximum absolute atomic E-state index is 14.0. The predicted octanol–water partition coefficient (Wildman–Crippen LogP) is 5.20. The number of alkyl halides is 5. The molecule has 0 saturated heterocycles. The molecule has 2 atom stereocenters. The van der Waals surface area contributed by atoms with Crippen molar-refractivity contribution in [1.82, 2.24) is 35.5 Å². The van der Waals surface area contributed by atoms with Crippen molar-refractivity contribution in [3.05, 3.63) is 41.1 Å². The molecule has 3 aliphatic rings. The van der Waals surface area contributed by atoms with Crippen molar-refractivity contribution in [2.24, 2.45) is 11.8 Å². The van der Waals surface area contributed by atoms with Gasteiger partial charge in [-0.25, -0.2) is 22.9 Å². The molecule has 0 radical (unpaired) electrons. The van der Waals surface area contributed by atoms with Crippen LogP contribution in [0.3, 0.4) is 0 Å². The number of hydrogen-bond donors (Lipinski definition) is 2. The van der Waals surface area contributed by atoms with Crippen LogP contribution in [-0.2, 0) is 4.79 Å². The SMILES string of the molecule is O=C(CCC(F)(F)F)N[C@@H](c1cnn2cc(C(NC(=O)c3nonc3C3CC3)C3CCC(F)(F)CC3)nc2c1)C1CC1. The number of fused-ring (bicyclic) bond motifs is 1. The van der Waals surface area contributed by atoms with Crippen LogP contribution in [0.15, 0.2) is 23.1 Å². The Kier molecular flexibility index (Phi) is 7.37. The normalized spacial score (nSPS) is 20.8. The maximum atomic E-state index is 14.0. The molecule has 3 aromatic heterocycles. The van der Waals surface area contributed by atoms with Crippen molar-refractivity contribution in [3.8, 4) is 0 Å². The molecule has 3 saturated carbocycles. The summed E-state index contributed by atoms with van der Waals surface area (Å²) in [7, 11) is 0. The summed E-state index contributed by atoms with van der Waals surface area (Å²) >= 11 is 0. The quantitative estimate of drug-likeness (QED) is 0.309. The van der Waals surface area contributed by atoms with Crippen LogP contribution in [-0.4, -0.2) is 48.8 Å².